The van der Waals surface area contributed by atoms with E-state index >= 15 is 0 Å². The van der Waals surface area contributed by atoms with E-state index in [0.717, 1.165) is 5.69 Å². The summed E-state index contributed by atoms with van der Waals surface area (Å²) in [6.07, 6.45) is 0. The van der Waals surface area contributed by atoms with Crippen molar-refractivity contribution in [2.24, 2.45) is 5.73 Å². The predicted octanol–water partition coefficient (Wildman–Crippen LogP) is 2.07. The van der Waals surface area contributed by atoms with Crippen molar-refractivity contribution in [3.05, 3.63) is 40.6 Å². The average molecular weight is 311 g/mol. The molecule has 0 radical (unpaired) electrons. The van der Waals surface area contributed by atoms with E-state index in [9.17, 15) is 8.42 Å². The molecule has 3 N–H and O–H groups in total. The number of benzene rings is 1. The van der Waals surface area contributed by atoms with Crippen molar-refractivity contribution in [1.82, 2.24) is 0 Å². The van der Waals surface area contributed by atoms with E-state index in [1.54, 1.807) is 23.6 Å². The second kappa shape index (κ2) is 5.82. The molecular weight excluding hydrogens is 294 g/mol. The fraction of sp³-hybridized carbons (Fsp3) is 0.231. The zero-order valence-corrected chi connectivity index (χ0v) is 13.0. The van der Waals surface area contributed by atoms with Crippen LogP contribution in [0.5, 0.6) is 0 Å². The summed E-state index contributed by atoms with van der Waals surface area (Å²) in [5, 5.41) is 1.73. The van der Waals surface area contributed by atoms with Crippen LogP contribution >= 0.6 is 11.3 Å². The summed E-state index contributed by atoms with van der Waals surface area (Å²) in [4.78, 5) is 2.81. The van der Waals surface area contributed by atoms with E-state index < -0.39 is 10.0 Å². The minimum absolute atomic E-state index is 0.214. The summed E-state index contributed by atoms with van der Waals surface area (Å²) in [6.45, 7) is 0.214. The molecule has 0 saturated heterocycles. The van der Waals surface area contributed by atoms with Crippen LogP contribution in [0.15, 0.2) is 40.6 Å². The molecule has 5 nitrogen and oxygen atoms in total. The summed E-state index contributed by atoms with van der Waals surface area (Å²) in [6, 6.07) is 8.80. The molecule has 0 aliphatic rings. The highest BCUT2D eigenvalue weighted by Gasteiger charge is 2.19. The second-order valence-electron chi connectivity index (χ2n) is 4.46. The Labute approximate surface area is 123 Å². The van der Waals surface area contributed by atoms with Crippen molar-refractivity contribution < 1.29 is 8.42 Å². The van der Waals surface area contributed by atoms with Gasteiger partial charge < -0.3 is 10.6 Å². The van der Waals surface area contributed by atoms with Gasteiger partial charge in [0.2, 0.25) is 0 Å². The third-order valence-electron chi connectivity index (χ3n) is 2.79. The smallest absolute Gasteiger partial charge is 0.263 e. The van der Waals surface area contributed by atoms with Gasteiger partial charge in [0.05, 0.1) is 5.69 Å². The number of hydrogen-bond donors (Lipinski definition) is 2. The molecule has 0 aliphatic carbocycles. The third-order valence-corrected chi connectivity index (χ3v) is 5.33. The lowest BCUT2D eigenvalue weighted by Crippen LogP contribution is -2.15. The summed E-state index contributed by atoms with van der Waals surface area (Å²) < 4.78 is 27.3. The Bertz CT molecular complexity index is 693. The maximum atomic E-state index is 12.3. The first-order chi connectivity index (χ1) is 9.44. The van der Waals surface area contributed by atoms with Crippen molar-refractivity contribution in [2.45, 2.75) is 11.4 Å². The molecule has 7 heteroatoms. The summed E-state index contributed by atoms with van der Waals surface area (Å²) in [5.74, 6) is 0. The zero-order valence-electron chi connectivity index (χ0n) is 11.3. The predicted molar refractivity (Wildman–Crippen MR) is 83.8 cm³/mol. The highest BCUT2D eigenvalue weighted by molar-refractivity contribution is 7.93. The molecule has 0 bridgehead atoms. The molecule has 1 aromatic heterocycles. The molecule has 2 rings (SSSR count). The van der Waals surface area contributed by atoms with E-state index in [1.165, 1.54) is 11.3 Å². The van der Waals surface area contributed by atoms with Gasteiger partial charge in [0.25, 0.3) is 10.0 Å². The highest BCUT2D eigenvalue weighted by Crippen LogP contribution is 2.25. The Balaban J connectivity index is 2.31. The lowest BCUT2D eigenvalue weighted by Gasteiger charge is -2.14. The van der Waals surface area contributed by atoms with Crippen LogP contribution in [0.25, 0.3) is 0 Å². The van der Waals surface area contributed by atoms with Gasteiger partial charge >= 0.3 is 0 Å². The fourth-order valence-electron chi connectivity index (χ4n) is 1.77. The fourth-order valence-corrected chi connectivity index (χ4v) is 4.16. The molecule has 0 atom stereocenters. The first kappa shape index (κ1) is 14.8. The molecule has 2 aromatic rings. The Hall–Kier alpha value is -1.57. The Kier molecular flexibility index (Phi) is 4.32. The summed E-state index contributed by atoms with van der Waals surface area (Å²) in [7, 11) is 0.210. The first-order valence-corrected chi connectivity index (χ1v) is 8.37. The van der Waals surface area contributed by atoms with E-state index in [1.807, 2.05) is 31.1 Å². The standard InChI is InChI=1S/C13H17N3O2S2/c1-16(2)11-5-3-4-10(8-11)15-20(17,18)13-6-7-19-12(13)9-14/h3-8,15H,9,14H2,1-2H3. The van der Waals surface area contributed by atoms with Crippen molar-refractivity contribution >= 4 is 32.7 Å². The quantitative estimate of drug-likeness (QED) is 0.886. The van der Waals surface area contributed by atoms with Crippen LogP contribution in [-0.4, -0.2) is 22.5 Å². The number of thiophene rings is 1. The molecule has 0 fully saturated rings. The molecule has 0 spiro atoms. The van der Waals surface area contributed by atoms with Crippen molar-refractivity contribution in [3.8, 4) is 0 Å². The number of rotatable bonds is 5. The molecule has 20 heavy (non-hydrogen) atoms. The normalized spacial score (nSPS) is 11.3. The Morgan fingerprint density at radius 1 is 1.30 bits per heavy atom. The van der Waals surface area contributed by atoms with Gasteiger partial charge in [0, 0.05) is 31.2 Å². The minimum Gasteiger partial charge on any atom is -0.378 e. The average Bonchev–Trinajstić information content (AvgIpc) is 2.87. The van der Waals surface area contributed by atoms with Gasteiger partial charge in [-0.3, -0.25) is 4.72 Å². The number of sulfonamides is 1. The monoisotopic (exact) mass is 311 g/mol. The van der Waals surface area contributed by atoms with Gasteiger partial charge in [-0.2, -0.15) is 0 Å². The number of hydrogen-bond acceptors (Lipinski definition) is 5. The number of anilines is 2. The van der Waals surface area contributed by atoms with Crippen LogP contribution in [-0.2, 0) is 16.6 Å². The lowest BCUT2D eigenvalue weighted by atomic mass is 10.3. The number of nitrogens with zero attached hydrogens (tertiary/aromatic N) is 1. The summed E-state index contributed by atoms with van der Waals surface area (Å²) in [5.41, 5.74) is 7.02. The highest BCUT2D eigenvalue weighted by atomic mass is 32.2. The molecule has 0 unspecified atom stereocenters. The van der Waals surface area contributed by atoms with Crippen molar-refractivity contribution in [1.29, 1.82) is 0 Å². The van der Waals surface area contributed by atoms with E-state index in [0.29, 0.717) is 10.6 Å². The van der Waals surface area contributed by atoms with Crippen molar-refractivity contribution in [3.63, 3.8) is 0 Å². The van der Waals surface area contributed by atoms with Crippen LogP contribution in [0.4, 0.5) is 11.4 Å². The Morgan fingerprint density at radius 2 is 2.05 bits per heavy atom. The van der Waals surface area contributed by atoms with Gasteiger partial charge in [-0.25, -0.2) is 8.42 Å². The van der Waals surface area contributed by atoms with Gasteiger partial charge in [-0.15, -0.1) is 11.3 Å². The van der Waals surface area contributed by atoms with E-state index in [4.69, 9.17) is 5.73 Å². The molecule has 0 saturated carbocycles. The van der Waals surface area contributed by atoms with Gasteiger partial charge in [0.1, 0.15) is 4.90 Å². The topological polar surface area (TPSA) is 75.4 Å². The van der Waals surface area contributed by atoms with Crippen molar-refractivity contribution in [2.75, 3.05) is 23.7 Å². The molecular formula is C13H17N3O2S2. The van der Waals surface area contributed by atoms with Gasteiger partial charge in [0.15, 0.2) is 0 Å². The summed E-state index contributed by atoms with van der Waals surface area (Å²) >= 11 is 1.34. The maximum Gasteiger partial charge on any atom is 0.263 e. The molecule has 1 aromatic carbocycles. The van der Waals surface area contributed by atoms with Crippen LogP contribution in [0, 0.1) is 0 Å². The lowest BCUT2D eigenvalue weighted by molar-refractivity contribution is 0.600. The van der Waals surface area contributed by atoms with Gasteiger partial charge in [-0.05, 0) is 29.6 Å². The van der Waals surface area contributed by atoms with E-state index in [2.05, 4.69) is 4.72 Å². The third kappa shape index (κ3) is 3.12. The second-order valence-corrected chi connectivity index (χ2v) is 7.11. The Morgan fingerprint density at radius 3 is 2.70 bits per heavy atom. The largest absolute Gasteiger partial charge is 0.378 e. The van der Waals surface area contributed by atoms with Crippen LogP contribution in [0.3, 0.4) is 0 Å². The molecule has 0 amide bonds. The van der Waals surface area contributed by atoms with E-state index in [-0.39, 0.29) is 11.4 Å². The zero-order chi connectivity index (χ0) is 14.8. The van der Waals surface area contributed by atoms with Crippen LogP contribution in [0.1, 0.15) is 4.88 Å². The van der Waals surface area contributed by atoms with Gasteiger partial charge in [-0.1, -0.05) is 6.07 Å². The maximum absolute atomic E-state index is 12.3. The number of nitrogens with two attached hydrogens (primary N) is 1. The minimum atomic E-state index is -3.59. The first-order valence-electron chi connectivity index (χ1n) is 6.00. The molecule has 108 valence electrons. The molecule has 0 aliphatic heterocycles. The molecule has 1 heterocycles. The van der Waals surface area contributed by atoms with Crippen LogP contribution in [0.2, 0.25) is 0 Å². The SMILES string of the molecule is CN(C)c1cccc(NS(=O)(=O)c2ccsc2CN)c1. The van der Waals surface area contributed by atoms with Crippen LogP contribution < -0.4 is 15.4 Å². The number of nitrogens with one attached hydrogen (secondary N) is 1.